The highest BCUT2D eigenvalue weighted by molar-refractivity contribution is 7.99. The Morgan fingerprint density at radius 3 is 2.52 bits per heavy atom. The molecule has 6 nitrogen and oxygen atoms in total. The fraction of sp³-hybridized carbons (Fsp3) is 0.273. The summed E-state index contributed by atoms with van der Waals surface area (Å²) in [6.07, 6.45) is -4.71. The third-order valence-corrected chi connectivity index (χ3v) is 3.52. The van der Waals surface area contributed by atoms with Crippen molar-refractivity contribution < 1.29 is 27.9 Å². The van der Waals surface area contributed by atoms with Crippen LogP contribution in [0.5, 0.6) is 0 Å². The normalized spacial score (nSPS) is 11.8. The van der Waals surface area contributed by atoms with Crippen molar-refractivity contribution in [2.24, 2.45) is 0 Å². The average Bonchev–Trinajstić information content (AvgIpc) is 2.77. The van der Waals surface area contributed by atoms with Gasteiger partial charge in [0.1, 0.15) is 17.0 Å². The number of aromatic carboxylic acids is 1. The van der Waals surface area contributed by atoms with Gasteiger partial charge in [-0.05, 0) is 19.1 Å². The van der Waals surface area contributed by atoms with E-state index in [2.05, 4.69) is 10.2 Å². The maximum Gasteiger partial charge on any atom is 0.431 e. The molecule has 21 heavy (non-hydrogen) atoms. The third kappa shape index (κ3) is 2.99. The molecule has 2 aromatic heterocycles. The van der Waals surface area contributed by atoms with Gasteiger partial charge in [0.15, 0.2) is 10.8 Å². The number of pyridine rings is 1. The molecule has 2 heterocycles. The van der Waals surface area contributed by atoms with Gasteiger partial charge in [-0.1, -0.05) is 11.8 Å². The molecule has 0 atom stereocenters. The smallest absolute Gasteiger partial charge is 0.431 e. The van der Waals surface area contributed by atoms with Crippen LogP contribution in [0.15, 0.2) is 17.3 Å². The molecule has 0 radical (unpaired) electrons. The fourth-order valence-corrected chi connectivity index (χ4v) is 2.37. The first kappa shape index (κ1) is 15.3. The van der Waals surface area contributed by atoms with Crippen LogP contribution >= 0.6 is 11.8 Å². The summed E-state index contributed by atoms with van der Waals surface area (Å²) in [5, 5.41) is 15.8. The Balaban J connectivity index is 2.68. The first-order chi connectivity index (χ1) is 9.71. The second kappa shape index (κ2) is 5.35. The van der Waals surface area contributed by atoms with Crippen molar-refractivity contribution in [2.45, 2.75) is 18.3 Å². The van der Waals surface area contributed by atoms with Crippen LogP contribution in [0.3, 0.4) is 0 Å². The predicted octanol–water partition coefficient (Wildman–Crippen LogP) is 2.13. The number of Topliss-reactive ketones (excluding diaryl/α,β-unsaturated/α-hetero) is 1. The molecule has 0 unspecified atom stereocenters. The lowest BCUT2D eigenvalue weighted by atomic mass is 10.2. The minimum absolute atomic E-state index is 0.0879. The standard InChI is InChI=1S/C11H8F3N3O3S/c1-5(18)4-21-10-16-15-8-6(9(19)20)2-3-7(17(8)10)11(12,13)14/h2-3H,4H2,1H3,(H,19,20). The minimum Gasteiger partial charge on any atom is -0.478 e. The van der Waals surface area contributed by atoms with E-state index >= 15 is 0 Å². The molecule has 2 aromatic rings. The van der Waals surface area contributed by atoms with Gasteiger partial charge in [-0.2, -0.15) is 13.2 Å². The number of aromatic nitrogens is 3. The highest BCUT2D eigenvalue weighted by Gasteiger charge is 2.35. The van der Waals surface area contributed by atoms with Crippen LogP contribution in [0.25, 0.3) is 5.65 Å². The van der Waals surface area contributed by atoms with Gasteiger partial charge in [-0.15, -0.1) is 10.2 Å². The average molecular weight is 319 g/mol. The highest BCUT2D eigenvalue weighted by Crippen LogP contribution is 2.32. The van der Waals surface area contributed by atoms with Crippen molar-refractivity contribution in [3.63, 3.8) is 0 Å². The quantitative estimate of drug-likeness (QED) is 0.869. The van der Waals surface area contributed by atoms with E-state index in [1.807, 2.05) is 0 Å². The Bertz CT molecular complexity index is 727. The van der Waals surface area contributed by atoms with E-state index in [1.54, 1.807) is 0 Å². The molecule has 0 spiro atoms. The van der Waals surface area contributed by atoms with Crippen molar-refractivity contribution in [1.82, 2.24) is 14.6 Å². The first-order valence-electron chi connectivity index (χ1n) is 5.52. The van der Waals surface area contributed by atoms with Gasteiger partial charge < -0.3 is 5.11 Å². The summed E-state index contributed by atoms with van der Waals surface area (Å²) in [6.45, 7) is 1.28. The Morgan fingerprint density at radius 2 is 2.00 bits per heavy atom. The number of hydrogen-bond acceptors (Lipinski definition) is 5. The third-order valence-electron chi connectivity index (χ3n) is 2.45. The summed E-state index contributed by atoms with van der Waals surface area (Å²) in [5.74, 6) is -1.75. The van der Waals surface area contributed by atoms with Crippen LogP contribution in [0, 0.1) is 0 Å². The van der Waals surface area contributed by atoms with Gasteiger partial charge in [0.2, 0.25) is 0 Å². The van der Waals surface area contributed by atoms with Gasteiger partial charge in [-0.3, -0.25) is 9.20 Å². The van der Waals surface area contributed by atoms with Crippen molar-refractivity contribution >= 4 is 29.2 Å². The summed E-state index contributed by atoms with van der Waals surface area (Å²) in [5.41, 5.74) is -1.91. The lowest BCUT2D eigenvalue weighted by Gasteiger charge is -2.11. The second-order valence-electron chi connectivity index (χ2n) is 4.07. The van der Waals surface area contributed by atoms with Crippen molar-refractivity contribution in [3.8, 4) is 0 Å². The molecule has 0 aromatic carbocycles. The molecule has 0 amide bonds. The van der Waals surface area contributed by atoms with Gasteiger partial charge in [0, 0.05) is 0 Å². The summed E-state index contributed by atoms with van der Waals surface area (Å²) in [4.78, 5) is 22.0. The molecule has 0 fully saturated rings. The molecule has 0 saturated heterocycles. The number of rotatable bonds is 4. The van der Waals surface area contributed by atoms with Gasteiger partial charge >= 0.3 is 12.1 Å². The summed E-state index contributed by atoms with van der Waals surface area (Å²) < 4.78 is 39.6. The van der Waals surface area contributed by atoms with E-state index in [1.165, 1.54) is 6.92 Å². The van der Waals surface area contributed by atoms with Crippen LogP contribution in [0.2, 0.25) is 0 Å². The molecule has 2 rings (SSSR count). The Hall–Kier alpha value is -2.10. The summed E-state index contributed by atoms with van der Waals surface area (Å²) >= 11 is 0.762. The Morgan fingerprint density at radius 1 is 1.33 bits per heavy atom. The molecule has 0 saturated carbocycles. The Labute approximate surface area is 120 Å². The SMILES string of the molecule is CC(=O)CSc1nnc2c(C(=O)O)ccc(C(F)(F)F)n12. The lowest BCUT2D eigenvalue weighted by molar-refractivity contribution is -0.142. The molecule has 10 heteroatoms. The number of thioether (sulfide) groups is 1. The number of alkyl halides is 3. The zero-order valence-electron chi connectivity index (χ0n) is 10.5. The van der Waals surface area contributed by atoms with Crippen LogP contribution < -0.4 is 0 Å². The van der Waals surface area contributed by atoms with Crippen molar-refractivity contribution in [3.05, 3.63) is 23.4 Å². The molecule has 112 valence electrons. The van der Waals surface area contributed by atoms with Crippen LogP contribution in [0.1, 0.15) is 23.0 Å². The molecule has 0 aliphatic carbocycles. The van der Waals surface area contributed by atoms with E-state index in [-0.39, 0.29) is 16.7 Å². The van der Waals surface area contributed by atoms with Gasteiger partial charge in [-0.25, -0.2) is 4.79 Å². The zero-order chi connectivity index (χ0) is 15.8. The maximum absolute atomic E-state index is 13.0. The summed E-state index contributed by atoms with van der Waals surface area (Å²) in [7, 11) is 0. The Kier molecular flexibility index (Phi) is 3.90. The van der Waals surface area contributed by atoms with Gasteiger partial charge in [0.05, 0.1) is 5.75 Å². The monoisotopic (exact) mass is 319 g/mol. The van der Waals surface area contributed by atoms with E-state index < -0.39 is 29.1 Å². The van der Waals surface area contributed by atoms with Crippen molar-refractivity contribution in [1.29, 1.82) is 0 Å². The first-order valence-corrected chi connectivity index (χ1v) is 6.51. The van der Waals surface area contributed by atoms with E-state index in [4.69, 9.17) is 5.11 Å². The van der Waals surface area contributed by atoms with Crippen LogP contribution in [-0.4, -0.2) is 37.2 Å². The minimum atomic E-state index is -4.71. The second-order valence-corrected chi connectivity index (χ2v) is 5.01. The number of carboxylic acids is 1. The number of ketones is 1. The highest BCUT2D eigenvalue weighted by atomic mass is 32.2. The number of hydrogen-bond donors (Lipinski definition) is 1. The fourth-order valence-electron chi connectivity index (χ4n) is 1.62. The topological polar surface area (TPSA) is 84.6 Å². The number of carbonyl (C=O) groups excluding carboxylic acids is 1. The van der Waals surface area contributed by atoms with E-state index in [9.17, 15) is 22.8 Å². The molecular weight excluding hydrogens is 311 g/mol. The predicted molar refractivity (Wildman–Crippen MR) is 66.4 cm³/mol. The number of nitrogens with zero attached hydrogens (tertiary/aromatic N) is 3. The van der Waals surface area contributed by atoms with Gasteiger partial charge in [0.25, 0.3) is 0 Å². The summed E-state index contributed by atoms with van der Waals surface area (Å²) in [6, 6.07) is 1.48. The molecule has 0 aliphatic heterocycles. The van der Waals surface area contributed by atoms with Crippen LogP contribution in [-0.2, 0) is 11.0 Å². The van der Waals surface area contributed by atoms with E-state index in [0.717, 1.165) is 17.8 Å². The molecule has 0 bridgehead atoms. The number of halogens is 3. The number of fused-ring (bicyclic) bond motifs is 1. The van der Waals surface area contributed by atoms with E-state index in [0.29, 0.717) is 10.5 Å². The molecule has 1 N–H and O–H groups in total. The molecular formula is C11H8F3N3O3S. The van der Waals surface area contributed by atoms with Crippen molar-refractivity contribution in [2.75, 3.05) is 5.75 Å². The lowest BCUT2D eigenvalue weighted by Crippen LogP contribution is -2.14. The zero-order valence-corrected chi connectivity index (χ0v) is 11.3. The number of carboxylic acid groups (broad SMARTS) is 1. The maximum atomic E-state index is 13.0. The largest absolute Gasteiger partial charge is 0.478 e. The number of carbonyl (C=O) groups is 2. The molecule has 0 aliphatic rings. The van der Waals surface area contributed by atoms with Crippen LogP contribution in [0.4, 0.5) is 13.2 Å².